The molecule has 0 fully saturated rings. The Bertz CT molecular complexity index is 569. The first-order valence-corrected chi connectivity index (χ1v) is 7.52. The number of hydrogen-bond donors (Lipinski definition) is 1. The fourth-order valence-corrected chi connectivity index (χ4v) is 2.26. The van der Waals surface area contributed by atoms with Crippen molar-refractivity contribution in [3.8, 4) is 0 Å². The molecule has 0 amide bonds. The van der Waals surface area contributed by atoms with Crippen LogP contribution in [0, 0.1) is 12.7 Å². The van der Waals surface area contributed by atoms with Gasteiger partial charge >= 0.3 is 0 Å². The van der Waals surface area contributed by atoms with Crippen LogP contribution in [-0.2, 0) is 0 Å². The average Bonchev–Trinajstić information content (AvgIpc) is 2.45. The second-order valence-corrected chi connectivity index (χ2v) is 5.71. The van der Waals surface area contributed by atoms with Gasteiger partial charge in [-0.15, -0.1) is 0 Å². The van der Waals surface area contributed by atoms with E-state index in [0.29, 0.717) is 5.56 Å². The lowest BCUT2D eigenvalue weighted by atomic mass is 10.0. The zero-order valence-electron chi connectivity index (χ0n) is 11.7. The second kappa shape index (κ2) is 6.95. The normalized spacial score (nSPS) is 12.4. The van der Waals surface area contributed by atoms with E-state index in [1.54, 1.807) is 19.2 Å². The van der Waals surface area contributed by atoms with Crippen LogP contribution >= 0.6 is 15.9 Å². The van der Waals surface area contributed by atoms with Crippen LogP contribution in [0.1, 0.15) is 36.2 Å². The van der Waals surface area contributed by atoms with Crippen molar-refractivity contribution in [3.63, 3.8) is 0 Å². The lowest BCUT2D eigenvalue weighted by Crippen LogP contribution is -2.24. The highest BCUT2D eigenvalue weighted by Crippen LogP contribution is 2.23. The van der Waals surface area contributed by atoms with Crippen LogP contribution in [0.25, 0.3) is 0 Å². The fourth-order valence-electron chi connectivity index (χ4n) is 2.03. The number of hydrogen-bond acceptors (Lipinski definition) is 2. The zero-order valence-corrected chi connectivity index (χ0v) is 13.2. The van der Waals surface area contributed by atoms with Crippen LogP contribution in [0.3, 0.4) is 0 Å². The maximum Gasteiger partial charge on any atom is 0.126 e. The minimum Gasteiger partial charge on any atom is -0.305 e. The molecule has 2 nitrogen and oxygen atoms in total. The minimum absolute atomic E-state index is 0.0850. The van der Waals surface area contributed by atoms with E-state index in [1.165, 1.54) is 0 Å². The predicted molar refractivity (Wildman–Crippen MR) is 83.2 cm³/mol. The topological polar surface area (TPSA) is 24.9 Å². The van der Waals surface area contributed by atoms with Gasteiger partial charge in [-0.05, 0) is 65.1 Å². The smallest absolute Gasteiger partial charge is 0.126 e. The van der Waals surface area contributed by atoms with Crippen molar-refractivity contribution < 1.29 is 4.39 Å². The van der Waals surface area contributed by atoms with Gasteiger partial charge in [0.1, 0.15) is 5.82 Å². The van der Waals surface area contributed by atoms with E-state index in [1.807, 2.05) is 24.3 Å². The van der Waals surface area contributed by atoms with Crippen LogP contribution < -0.4 is 5.32 Å². The highest BCUT2D eigenvalue weighted by atomic mass is 79.9. The third-order valence-corrected chi connectivity index (χ3v) is 3.64. The van der Waals surface area contributed by atoms with E-state index >= 15 is 0 Å². The van der Waals surface area contributed by atoms with Gasteiger partial charge in [-0.1, -0.05) is 19.1 Å². The quantitative estimate of drug-likeness (QED) is 0.876. The molecule has 106 valence electrons. The number of nitrogens with one attached hydrogen (secondary N) is 1. The van der Waals surface area contributed by atoms with E-state index in [4.69, 9.17) is 0 Å². The largest absolute Gasteiger partial charge is 0.305 e. The molecule has 0 spiro atoms. The Balaban J connectivity index is 2.35. The third-order valence-electron chi connectivity index (χ3n) is 3.17. The van der Waals surface area contributed by atoms with Crippen molar-refractivity contribution in [2.45, 2.75) is 26.3 Å². The molecular formula is C16H18BrFN2. The van der Waals surface area contributed by atoms with Crippen LogP contribution in [0.5, 0.6) is 0 Å². The van der Waals surface area contributed by atoms with Gasteiger partial charge in [0, 0.05) is 10.7 Å². The van der Waals surface area contributed by atoms with Crippen molar-refractivity contribution in [2.24, 2.45) is 0 Å². The molecular weight excluding hydrogens is 319 g/mol. The minimum atomic E-state index is -0.178. The average molecular weight is 337 g/mol. The first kappa shape index (κ1) is 15.1. The second-order valence-electron chi connectivity index (χ2n) is 4.80. The molecule has 0 aliphatic rings. The van der Waals surface area contributed by atoms with Crippen molar-refractivity contribution in [1.82, 2.24) is 10.3 Å². The van der Waals surface area contributed by atoms with Gasteiger partial charge < -0.3 is 5.32 Å². The van der Waals surface area contributed by atoms with Gasteiger partial charge in [0.2, 0.25) is 0 Å². The molecule has 0 bridgehead atoms. The molecule has 1 heterocycles. The monoisotopic (exact) mass is 336 g/mol. The zero-order chi connectivity index (χ0) is 14.5. The first-order valence-electron chi connectivity index (χ1n) is 6.72. The summed E-state index contributed by atoms with van der Waals surface area (Å²) in [5.74, 6) is -0.178. The summed E-state index contributed by atoms with van der Waals surface area (Å²) >= 11 is 3.38. The molecule has 1 atom stereocenters. The Kier molecular flexibility index (Phi) is 5.26. The molecule has 1 aromatic carbocycles. The maximum atomic E-state index is 13.8. The Hall–Kier alpha value is -1.26. The van der Waals surface area contributed by atoms with Gasteiger partial charge in [0.15, 0.2) is 0 Å². The molecule has 1 aromatic heterocycles. The van der Waals surface area contributed by atoms with Crippen molar-refractivity contribution in [1.29, 1.82) is 0 Å². The van der Waals surface area contributed by atoms with Crippen LogP contribution in [0.15, 0.2) is 41.0 Å². The van der Waals surface area contributed by atoms with E-state index in [-0.39, 0.29) is 11.9 Å². The number of rotatable bonds is 5. The SMILES string of the molecule is CCCNC(c1ccc(C)c(F)c1)c1ccc(Br)cn1. The predicted octanol–water partition coefficient (Wildman–Crippen LogP) is 4.38. The summed E-state index contributed by atoms with van der Waals surface area (Å²) in [5, 5.41) is 3.42. The molecule has 0 saturated carbocycles. The summed E-state index contributed by atoms with van der Waals surface area (Å²) in [6.07, 6.45) is 2.78. The number of benzene rings is 1. The van der Waals surface area contributed by atoms with Crippen molar-refractivity contribution >= 4 is 15.9 Å². The maximum absolute atomic E-state index is 13.8. The number of pyridine rings is 1. The van der Waals surface area contributed by atoms with Gasteiger partial charge in [-0.25, -0.2) is 4.39 Å². The van der Waals surface area contributed by atoms with Crippen LogP contribution in [0.2, 0.25) is 0 Å². The molecule has 1 unspecified atom stereocenters. The Morgan fingerprint density at radius 3 is 2.70 bits per heavy atom. The summed E-state index contributed by atoms with van der Waals surface area (Å²) in [6.45, 7) is 4.73. The van der Waals surface area contributed by atoms with E-state index < -0.39 is 0 Å². The first-order chi connectivity index (χ1) is 9.61. The molecule has 0 radical (unpaired) electrons. The molecule has 4 heteroatoms. The summed E-state index contributed by atoms with van der Waals surface area (Å²) < 4.78 is 14.7. The van der Waals surface area contributed by atoms with Crippen LogP contribution in [-0.4, -0.2) is 11.5 Å². The number of aryl methyl sites for hydroxylation is 1. The summed E-state index contributed by atoms with van der Waals surface area (Å²) in [6, 6.07) is 9.17. The molecule has 1 N–H and O–H groups in total. The van der Waals surface area contributed by atoms with E-state index in [0.717, 1.165) is 28.7 Å². The fraction of sp³-hybridized carbons (Fsp3) is 0.312. The molecule has 0 saturated heterocycles. The number of halogens is 2. The highest BCUT2D eigenvalue weighted by molar-refractivity contribution is 9.10. The Morgan fingerprint density at radius 1 is 1.30 bits per heavy atom. The summed E-state index contributed by atoms with van der Waals surface area (Å²) in [5.41, 5.74) is 2.45. The molecule has 20 heavy (non-hydrogen) atoms. The van der Waals surface area contributed by atoms with Crippen molar-refractivity contribution in [2.75, 3.05) is 6.54 Å². The lowest BCUT2D eigenvalue weighted by molar-refractivity contribution is 0.573. The molecule has 2 aromatic rings. The number of aromatic nitrogens is 1. The highest BCUT2D eigenvalue weighted by Gasteiger charge is 2.15. The third kappa shape index (κ3) is 3.64. The van der Waals surface area contributed by atoms with Gasteiger partial charge in [-0.3, -0.25) is 4.98 Å². The van der Waals surface area contributed by atoms with Gasteiger partial charge in [0.05, 0.1) is 11.7 Å². The van der Waals surface area contributed by atoms with Gasteiger partial charge in [0.25, 0.3) is 0 Å². The molecule has 0 aliphatic carbocycles. The standard InChI is InChI=1S/C16H18BrFN2/c1-3-8-19-16(15-7-6-13(17)10-20-15)12-5-4-11(2)14(18)9-12/h4-7,9-10,16,19H,3,8H2,1-2H3. The Labute approximate surface area is 127 Å². The summed E-state index contributed by atoms with van der Waals surface area (Å²) in [4.78, 5) is 4.43. The summed E-state index contributed by atoms with van der Waals surface area (Å²) in [7, 11) is 0. The van der Waals surface area contributed by atoms with E-state index in [9.17, 15) is 4.39 Å². The van der Waals surface area contributed by atoms with E-state index in [2.05, 4.69) is 33.2 Å². The van der Waals surface area contributed by atoms with Gasteiger partial charge in [-0.2, -0.15) is 0 Å². The van der Waals surface area contributed by atoms with Crippen molar-refractivity contribution in [3.05, 3.63) is 63.6 Å². The Morgan fingerprint density at radius 2 is 2.10 bits per heavy atom. The number of nitrogens with zero attached hydrogens (tertiary/aromatic N) is 1. The lowest BCUT2D eigenvalue weighted by Gasteiger charge is -2.19. The van der Waals surface area contributed by atoms with Crippen LogP contribution in [0.4, 0.5) is 4.39 Å². The molecule has 2 rings (SSSR count). The molecule has 0 aliphatic heterocycles.